The number of aliphatic hydroxyl groups is 1. The van der Waals surface area contributed by atoms with E-state index >= 15 is 0 Å². The quantitative estimate of drug-likeness (QED) is 0.151. The molecule has 0 radical (unpaired) electrons. The lowest BCUT2D eigenvalue weighted by molar-refractivity contribution is -0.746. The van der Waals surface area contributed by atoms with E-state index in [1.165, 1.54) is 22.6 Å². The number of nitrogens with zero attached hydrogens (tertiary/aromatic N) is 3. The van der Waals surface area contributed by atoms with Gasteiger partial charge < -0.3 is 35.0 Å². The first-order valence-corrected chi connectivity index (χ1v) is 11.1. The van der Waals surface area contributed by atoms with Gasteiger partial charge >= 0.3 is 21.3 Å². The number of phosphoric acid groups is 2. The molecule has 0 aliphatic carbocycles. The molecule has 170 valence electrons. The predicted molar refractivity (Wildman–Crippen MR) is 97.7 cm³/mol. The molecule has 0 spiro atoms. The minimum atomic E-state index is -5.29. The zero-order chi connectivity index (χ0) is 22.7. The molecule has 0 amide bonds. The highest BCUT2D eigenvalue weighted by Crippen LogP contribution is 2.57. The van der Waals surface area contributed by atoms with Gasteiger partial charge in [0.05, 0.1) is 20.3 Å². The molecule has 0 aliphatic rings. The number of phosphoric ester groups is 1. The van der Waals surface area contributed by atoms with Crippen LogP contribution in [-0.2, 0) is 34.5 Å². The molecule has 0 aromatic carbocycles. The van der Waals surface area contributed by atoms with E-state index in [9.17, 15) is 23.9 Å². The molecule has 2 heterocycles. The molecule has 0 aliphatic heterocycles. The number of nitrogens with two attached hydrogens (primary N) is 1. The van der Waals surface area contributed by atoms with E-state index in [0.717, 1.165) is 0 Å². The number of hydrogen-bond donors (Lipinski definition) is 6. The average molecular weight is 474 g/mol. The van der Waals surface area contributed by atoms with Gasteiger partial charge in [-0.15, -0.1) is 0 Å². The molecular weight excluding hydrogens is 452 g/mol. The second kappa shape index (κ2) is 9.62. The van der Waals surface area contributed by atoms with Gasteiger partial charge in [-0.05, 0) is 0 Å². The maximum atomic E-state index is 12.1. The first kappa shape index (κ1) is 24.6. The van der Waals surface area contributed by atoms with Gasteiger partial charge in [0.1, 0.15) is 12.7 Å². The van der Waals surface area contributed by atoms with Crippen LogP contribution in [0.4, 0.5) is 5.95 Å². The van der Waals surface area contributed by atoms with Crippen LogP contribution in [0.2, 0.25) is 0 Å². The lowest BCUT2D eigenvalue weighted by atomic mass is 10.4. The maximum absolute atomic E-state index is 12.1. The highest BCUT2D eigenvalue weighted by Gasteiger charge is 2.34. The van der Waals surface area contributed by atoms with Crippen molar-refractivity contribution < 1.29 is 51.8 Å². The molecule has 7 N–H and O–H groups in total. The molecular formula is C12H22N5O11P2+. The van der Waals surface area contributed by atoms with Crippen molar-refractivity contribution in [3.63, 3.8) is 0 Å². The second-order valence-electron chi connectivity index (χ2n) is 5.94. The summed E-state index contributed by atoms with van der Waals surface area (Å²) in [5, 5.41) is 9.77. The number of aliphatic hydroxyl groups excluding tert-OH is 1. The van der Waals surface area contributed by atoms with Gasteiger partial charge in [-0.2, -0.15) is 4.31 Å². The number of imidazole rings is 1. The van der Waals surface area contributed by atoms with Crippen LogP contribution in [0.3, 0.4) is 0 Å². The summed E-state index contributed by atoms with van der Waals surface area (Å²) in [5.74, 6) is -0.170. The van der Waals surface area contributed by atoms with E-state index in [-0.39, 0.29) is 23.7 Å². The van der Waals surface area contributed by atoms with Crippen LogP contribution >= 0.6 is 15.6 Å². The Kier molecular flexibility index (Phi) is 7.87. The summed E-state index contributed by atoms with van der Waals surface area (Å²) in [6.45, 7) is -1.51. The number of aryl methyl sites for hydroxylation is 1. The van der Waals surface area contributed by atoms with Gasteiger partial charge in [-0.3, -0.25) is 18.9 Å². The van der Waals surface area contributed by atoms with Crippen molar-refractivity contribution in [2.24, 2.45) is 7.05 Å². The van der Waals surface area contributed by atoms with Crippen molar-refractivity contribution in [3.8, 4) is 0 Å². The van der Waals surface area contributed by atoms with E-state index in [1.54, 1.807) is 7.05 Å². The van der Waals surface area contributed by atoms with Crippen LogP contribution in [-0.4, -0.2) is 67.4 Å². The van der Waals surface area contributed by atoms with Crippen LogP contribution in [0.1, 0.15) is 6.23 Å². The largest absolute Gasteiger partial charge is 0.481 e. The van der Waals surface area contributed by atoms with Crippen molar-refractivity contribution >= 4 is 32.8 Å². The number of anilines is 1. The molecule has 16 nitrogen and oxygen atoms in total. The zero-order valence-corrected chi connectivity index (χ0v) is 17.6. The number of aromatic nitrogens is 4. The number of hydrogen-bond acceptors (Lipinski definition) is 10. The van der Waals surface area contributed by atoms with Crippen LogP contribution in [0.15, 0.2) is 11.1 Å². The van der Waals surface area contributed by atoms with Gasteiger partial charge in [0.2, 0.25) is 11.7 Å². The molecule has 18 heteroatoms. The number of H-pyrrole nitrogens is 1. The number of rotatable bonds is 11. The fourth-order valence-electron chi connectivity index (χ4n) is 2.55. The average Bonchev–Trinajstić information content (AvgIpc) is 2.91. The summed E-state index contributed by atoms with van der Waals surface area (Å²) in [6.07, 6.45) is -0.853. The molecule has 2 aromatic rings. The Balaban J connectivity index is 2.25. The van der Waals surface area contributed by atoms with Gasteiger partial charge in [0, 0.05) is 7.11 Å². The van der Waals surface area contributed by atoms with E-state index in [1.807, 2.05) is 0 Å². The summed E-state index contributed by atoms with van der Waals surface area (Å²) in [4.78, 5) is 45.1. The maximum Gasteiger partial charge on any atom is 0.481 e. The highest BCUT2D eigenvalue weighted by atomic mass is 31.3. The Morgan fingerprint density at radius 1 is 1.33 bits per heavy atom. The molecule has 2 rings (SSSR count). The van der Waals surface area contributed by atoms with Crippen LogP contribution in [0.25, 0.3) is 11.2 Å². The summed E-state index contributed by atoms with van der Waals surface area (Å²) in [7, 11) is -7.55. The molecule has 0 bridgehead atoms. The number of aromatic amines is 1. The Labute approximate surface area is 168 Å². The third-order valence-electron chi connectivity index (χ3n) is 3.59. The highest BCUT2D eigenvalue weighted by molar-refractivity contribution is 7.60. The van der Waals surface area contributed by atoms with Crippen molar-refractivity contribution in [2.75, 3.05) is 32.7 Å². The monoisotopic (exact) mass is 474 g/mol. The molecule has 30 heavy (non-hydrogen) atoms. The number of nitrogens with one attached hydrogen (secondary N) is 1. The molecule has 2 aromatic heterocycles. The number of nitrogen functional groups attached to an aromatic ring is 1. The normalized spacial score (nSPS) is 16.5. The first-order chi connectivity index (χ1) is 13.9. The van der Waals surface area contributed by atoms with Crippen molar-refractivity contribution in [1.82, 2.24) is 14.5 Å². The Bertz CT molecular complexity index is 1030. The molecule has 1 unspecified atom stereocenters. The van der Waals surface area contributed by atoms with Crippen LogP contribution in [0.5, 0.6) is 0 Å². The fourth-order valence-corrected chi connectivity index (χ4v) is 4.16. The molecule has 3 atom stereocenters. The lowest BCUT2D eigenvalue weighted by Gasteiger charge is -2.22. The van der Waals surface area contributed by atoms with Crippen molar-refractivity contribution in [1.29, 1.82) is 0 Å². The smallest absolute Gasteiger partial charge is 0.390 e. The third kappa shape index (κ3) is 6.39. The summed E-state index contributed by atoms with van der Waals surface area (Å²) in [5.41, 5.74) is 5.28. The Morgan fingerprint density at radius 2 is 2.00 bits per heavy atom. The Morgan fingerprint density at radius 3 is 2.57 bits per heavy atom. The molecule has 0 fully saturated rings. The minimum Gasteiger partial charge on any atom is -0.390 e. The lowest BCUT2D eigenvalue weighted by Crippen LogP contribution is -2.46. The summed E-state index contributed by atoms with van der Waals surface area (Å²) >= 11 is 0. The van der Waals surface area contributed by atoms with Crippen LogP contribution < -0.4 is 15.9 Å². The molecule has 0 saturated carbocycles. The fraction of sp³-hybridized carbons (Fsp3) is 0.583. The number of ether oxygens (including phenoxy) is 2. The zero-order valence-electron chi connectivity index (χ0n) is 15.8. The van der Waals surface area contributed by atoms with Crippen molar-refractivity contribution in [3.05, 3.63) is 16.7 Å². The second-order valence-corrected chi connectivity index (χ2v) is 8.77. The van der Waals surface area contributed by atoms with Gasteiger partial charge in [0.15, 0.2) is 6.33 Å². The van der Waals surface area contributed by atoms with Crippen molar-refractivity contribution in [2.45, 2.75) is 12.3 Å². The van der Waals surface area contributed by atoms with E-state index in [2.05, 4.69) is 18.8 Å². The Hall–Kier alpha value is -1.71. The SMILES string of the molecule is COC[C@@H](COP(=O)(O)OP(=O)(O)O)O[C@H](CO)[n+]1cn(C)c2c(=O)[nH]c(N)nc21. The van der Waals surface area contributed by atoms with E-state index < -0.39 is 46.8 Å². The number of methoxy groups -OCH3 is 1. The van der Waals surface area contributed by atoms with Gasteiger partial charge in [-0.25, -0.2) is 13.7 Å². The first-order valence-electron chi connectivity index (χ1n) is 8.12. The summed E-state index contributed by atoms with van der Waals surface area (Å²) in [6, 6.07) is 0. The minimum absolute atomic E-state index is 0.0903. The van der Waals surface area contributed by atoms with E-state index in [0.29, 0.717) is 0 Å². The third-order valence-corrected chi connectivity index (χ3v) is 5.74. The van der Waals surface area contributed by atoms with Gasteiger partial charge in [-0.1, -0.05) is 4.98 Å². The predicted octanol–water partition coefficient (Wildman–Crippen LogP) is -2.12. The van der Waals surface area contributed by atoms with Gasteiger partial charge in [0.25, 0.3) is 11.5 Å². The number of fused-ring (bicyclic) bond motifs is 1. The summed E-state index contributed by atoms with van der Waals surface area (Å²) < 4.78 is 43.9. The topological polar surface area (TPSA) is 233 Å². The van der Waals surface area contributed by atoms with E-state index in [4.69, 9.17) is 25.0 Å². The van der Waals surface area contributed by atoms with Crippen LogP contribution in [0, 0.1) is 0 Å². The molecule has 0 saturated heterocycles. The standard InChI is InChI=1S/C12H21N5O11P2/c1-16-6-17(10-9(16)11(19)15-12(13)14-10)8(3-18)27-7(4-25-2)5-26-30(23,24)28-29(20,21)22/h6-8,18H,3-5H2,1-2H3,(H5-,13,14,15,19,20,21,22,23,24)/p+1/t7-,8+/m0/s1.